The number of hydrogen-bond donors (Lipinski definition) is 10. The lowest BCUT2D eigenvalue weighted by Gasteiger charge is -2.14. The van der Waals surface area contributed by atoms with Gasteiger partial charge in [0.2, 0.25) is 5.91 Å². The zero-order valence-corrected chi connectivity index (χ0v) is 38.0. The first kappa shape index (κ1) is 52.0. The van der Waals surface area contributed by atoms with Crippen LogP contribution in [-0.4, -0.2) is 118 Å². The fraction of sp³-hybridized carbons (Fsp3) is 0.128. The van der Waals surface area contributed by atoms with Crippen LogP contribution in [0.1, 0.15) is 27.8 Å². The summed E-state index contributed by atoms with van der Waals surface area (Å²) in [6.07, 6.45) is 0. The van der Waals surface area contributed by atoms with E-state index in [1.807, 2.05) is 0 Å². The second-order valence-electron chi connectivity index (χ2n) is 14.0. The molecule has 372 valence electrons. The van der Waals surface area contributed by atoms with Crippen molar-refractivity contribution in [1.29, 1.82) is 0 Å². The number of phenolic OH excluding ortho intramolecular Hbond substituents is 1. The van der Waals surface area contributed by atoms with E-state index in [9.17, 15) is 83.6 Å². The predicted octanol–water partition coefficient (Wildman–Crippen LogP) is 5.11. The van der Waals surface area contributed by atoms with E-state index < -0.39 is 134 Å². The zero-order valence-electron chi connectivity index (χ0n) is 35.6. The van der Waals surface area contributed by atoms with E-state index in [1.165, 1.54) is 19.1 Å². The first-order valence-corrected chi connectivity index (χ1v) is 23.7. The van der Waals surface area contributed by atoms with Gasteiger partial charge in [-0.3, -0.25) is 28.3 Å². The molecule has 0 radical (unpaired) electrons. The number of ether oxygens (including phenoxy) is 2. The van der Waals surface area contributed by atoms with Crippen LogP contribution in [0.15, 0.2) is 123 Å². The number of H-pyrrole nitrogens is 1. The Hall–Kier alpha value is -8.37. The highest BCUT2D eigenvalue weighted by Crippen LogP contribution is 2.47. The topological polar surface area (TPSA) is 458 Å². The predicted molar refractivity (Wildman–Crippen MR) is 240 cm³/mol. The number of amides is 1. The Balaban J connectivity index is 1.48. The van der Waals surface area contributed by atoms with Gasteiger partial charge in [-0.15, -0.1) is 30.7 Å². The van der Waals surface area contributed by atoms with Crippen LogP contribution in [0, 0.1) is 0 Å². The fourth-order valence-corrected chi connectivity index (χ4v) is 8.22. The summed E-state index contributed by atoms with van der Waals surface area (Å²) >= 11 is 0. The van der Waals surface area contributed by atoms with Crippen LogP contribution in [0.5, 0.6) is 17.2 Å². The monoisotopic (exact) mass is 1040 g/mol. The number of fused-ring (bicyclic) bond motifs is 1. The number of carbonyl (C=O) groups is 3. The van der Waals surface area contributed by atoms with Crippen molar-refractivity contribution in [1.82, 2.24) is 9.78 Å². The van der Waals surface area contributed by atoms with Crippen LogP contribution >= 0.6 is 0 Å². The second kappa shape index (κ2) is 20.7. The maximum absolute atomic E-state index is 13.4. The van der Waals surface area contributed by atoms with Gasteiger partial charge in [0, 0.05) is 35.5 Å². The highest BCUT2D eigenvalue weighted by Gasteiger charge is 2.29. The maximum Gasteiger partial charge on any atom is 0.356 e. The largest absolute Gasteiger partial charge is 0.505 e. The van der Waals surface area contributed by atoms with Crippen molar-refractivity contribution in [3.8, 4) is 22.9 Å². The van der Waals surface area contributed by atoms with Crippen molar-refractivity contribution >= 4 is 98.8 Å². The van der Waals surface area contributed by atoms with Gasteiger partial charge in [-0.05, 0) is 60.7 Å². The molecule has 0 fully saturated rings. The number of aromatic carboxylic acids is 2. The summed E-state index contributed by atoms with van der Waals surface area (Å²) in [5.41, 5.74) is -6.36. The molecule has 1 heterocycles. The minimum absolute atomic E-state index is 0.130. The number of carboxylic acid groups (broad SMARTS) is 2. The third-order valence-electron chi connectivity index (χ3n) is 9.24. The molecule has 6 rings (SSSR count). The summed E-state index contributed by atoms with van der Waals surface area (Å²) in [5, 5.41) is 76.2. The Bertz CT molecular complexity index is 3650. The van der Waals surface area contributed by atoms with Crippen LogP contribution in [-0.2, 0) is 35.1 Å². The van der Waals surface area contributed by atoms with Gasteiger partial charge < -0.3 is 40.3 Å². The Morgan fingerprint density at radius 2 is 1.20 bits per heavy atom. The molecule has 0 aliphatic heterocycles. The smallest absolute Gasteiger partial charge is 0.356 e. The molecule has 0 atom stereocenters. The van der Waals surface area contributed by atoms with E-state index in [2.05, 4.69) is 41.1 Å². The second-order valence-corrected chi connectivity index (χ2v) is 18.2. The van der Waals surface area contributed by atoms with Gasteiger partial charge in [-0.2, -0.15) is 25.3 Å². The number of aliphatic hydroxyl groups is 2. The van der Waals surface area contributed by atoms with E-state index in [4.69, 9.17) is 9.47 Å². The summed E-state index contributed by atoms with van der Waals surface area (Å²) in [6.45, 7) is -0.760. The molecule has 1 amide bonds. The van der Waals surface area contributed by atoms with Crippen molar-refractivity contribution in [2.75, 3.05) is 31.7 Å². The van der Waals surface area contributed by atoms with Gasteiger partial charge >= 0.3 is 11.9 Å². The molecule has 71 heavy (non-hydrogen) atoms. The number of nitrogens with zero attached hydrogens (tertiary/aromatic N) is 7. The number of nitrogens with one attached hydrogen (secondary N) is 2. The summed E-state index contributed by atoms with van der Waals surface area (Å²) in [7, 11) is -15.8. The van der Waals surface area contributed by atoms with Crippen LogP contribution in [0.3, 0.4) is 0 Å². The molecule has 0 unspecified atom stereocenters. The molecular weight excluding hydrogens is 1010 g/mol. The number of aromatic hydroxyl groups is 1. The number of anilines is 1. The van der Waals surface area contributed by atoms with Gasteiger partial charge in [-0.25, -0.2) is 14.3 Å². The highest BCUT2D eigenvalue weighted by molar-refractivity contribution is 7.86. The molecule has 0 aliphatic rings. The minimum atomic E-state index is -5.57. The molecule has 1 aromatic heterocycles. The lowest BCUT2D eigenvalue weighted by molar-refractivity contribution is -0.114. The summed E-state index contributed by atoms with van der Waals surface area (Å²) in [5.74, 6) is -5.49. The Labute approximate surface area is 396 Å². The number of carboxylic acids is 2. The van der Waals surface area contributed by atoms with Crippen molar-refractivity contribution in [2.45, 2.75) is 21.6 Å². The van der Waals surface area contributed by atoms with E-state index in [1.54, 1.807) is 0 Å². The summed E-state index contributed by atoms with van der Waals surface area (Å²) in [6, 6.07) is 11.7. The molecule has 6 aromatic rings. The van der Waals surface area contributed by atoms with E-state index in [-0.39, 0.29) is 45.5 Å². The summed E-state index contributed by atoms with van der Waals surface area (Å²) in [4.78, 5) is 45.8. The number of aliphatic hydroxyl groups excluding tert-OH is 2. The molecule has 29 nitrogen and oxygen atoms in total. The van der Waals surface area contributed by atoms with Crippen molar-refractivity contribution in [3.63, 3.8) is 0 Å². The molecule has 0 saturated carbocycles. The van der Waals surface area contributed by atoms with Gasteiger partial charge in [0.1, 0.15) is 62.9 Å². The maximum atomic E-state index is 13.4. The fourth-order valence-electron chi connectivity index (χ4n) is 6.27. The third-order valence-corrected chi connectivity index (χ3v) is 11.9. The third kappa shape index (κ3) is 11.7. The van der Waals surface area contributed by atoms with Crippen molar-refractivity contribution < 1.29 is 88.3 Å². The van der Waals surface area contributed by atoms with Crippen molar-refractivity contribution in [2.24, 2.45) is 30.7 Å². The zero-order chi connectivity index (χ0) is 52.2. The first-order valence-electron chi connectivity index (χ1n) is 19.3. The van der Waals surface area contributed by atoms with Crippen LogP contribution in [0.25, 0.3) is 16.5 Å². The normalized spacial score (nSPS) is 12.3. The molecule has 0 saturated heterocycles. The van der Waals surface area contributed by atoms with E-state index >= 15 is 0 Å². The molecule has 10 N–H and O–H groups in total. The molecule has 0 aliphatic carbocycles. The minimum Gasteiger partial charge on any atom is -0.505 e. The molecule has 0 bridgehead atoms. The number of hydrogen-bond acceptors (Lipinski definition) is 21. The highest BCUT2D eigenvalue weighted by atomic mass is 32.2. The van der Waals surface area contributed by atoms with Gasteiger partial charge in [0.05, 0.1) is 29.4 Å². The Morgan fingerprint density at radius 1 is 0.648 bits per heavy atom. The number of aromatic amines is 1. The lowest BCUT2D eigenvalue weighted by Crippen LogP contribution is -2.14. The Morgan fingerprint density at radius 3 is 1.72 bits per heavy atom. The van der Waals surface area contributed by atoms with Crippen LogP contribution in [0.2, 0.25) is 0 Å². The van der Waals surface area contributed by atoms with Gasteiger partial charge in [0.25, 0.3) is 35.9 Å². The van der Waals surface area contributed by atoms with E-state index in [0.717, 1.165) is 54.6 Å². The molecule has 0 spiro atoms. The Kier molecular flexibility index (Phi) is 15.2. The SMILES string of the molecule is CC(=O)Nc1ccc(N=Nc2cc(OCCO)c(N=Nc3c(S(=O)(=O)O)cc4c(S(=O)(=O)O)c(N=Nc5c(C(=O)O)[nH]n(-c6ccc(S(=O)(=O)O)cc6)c5=O)ccc4c3O)cc2OCCO)c(C(=O)O)c1. The molecule has 5 aromatic carbocycles. The summed E-state index contributed by atoms with van der Waals surface area (Å²) < 4.78 is 116. The number of azo groups is 3. The van der Waals surface area contributed by atoms with Gasteiger partial charge in [-0.1, -0.05) is 0 Å². The number of carbonyl (C=O) groups excluding carboxylic acids is 1. The number of phenols is 1. The number of aromatic nitrogens is 2. The molecule has 32 heteroatoms. The quantitative estimate of drug-likeness (QED) is 0.0372. The lowest BCUT2D eigenvalue weighted by atomic mass is 10.1. The number of benzene rings is 5. The average Bonchev–Trinajstić information content (AvgIpc) is 3.63. The first-order chi connectivity index (χ1) is 33.3. The standard InChI is InChI=1S/C39H33N9O20S3/c1-18(51)40-19-2-8-25(24(14-19)38(54)55)41-43-27-16-30(68-13-11-50)28(17-29(27)67-12-10-49)44-45-32-31(70(61,62)63)15-23-22(35(32)52)7-9-26(36(23)71(64,65)66)42-46-33-34(39(56)57)47-48(37(33)53)20-3-5-21(6-4-20)69(58,59)60/h2-9,14-17,47,49-50,52H,10-13H2,1H3,(H,40,51)(H,54,55)(H,56,57)(H,58,59,60)(H,61,62,63)(H,64,65,66). The van der Waals surface area contributed by atoms with Crippen LogP contribution < -0.4 is 20.3 Å². The van der Waals surface area contributed by atoms with Crippen LogP contribution in [0.4, 0.5) is 39.8 Å². The number of rotatable bonds is 19. The van der Waals surface area contributed by atoms with Crippen molar-refractivity contribution in [3.05, 3.63) is 94.4 Å². The van der Waals surface area contributed by atoms with E-state index in [0.29, 0.717) is 10.7 Å². The average molecular weight is 1040 g/mol. The van der Waals surface area contributed by atoms with Gasteiger partial charge in [0.15, 0.2) is 17.1 Å². The molecular formula is C39H33N9O20S3.